The first-order valence-corrected chi connectivity index (χ1v) is 13.7. The first-order valence-electron chi connectivity index (χ1n) is 12.9. The Kier molecular flexibility index (Phi) is 8.31. The molecular weight excluding hydrogens is 596 g/mol. The molecular formula is C28H25Cl2F3N6O3. The molecule has 2 amide bonds. The molecule has 0 aliphatic heterocycles. The quantitative estimate of drug-likeness (QED) is 0.182. The molecule has 0 unspecified atom stereocenters. The van der Waals surface area contributed by atoms with Crippen LogP contribution in [-0.2, 0) is 13.1 Å². The largest absolute Gasteiger partial charge is 0.416 e. The number of fused-ring (bicyclic) bond motifs is 1. The van der Waals surface area contributed by atoms with Crippen molar-refractivity contribution in [2.24, 2.45) is 0 Å². The molecule has 1 fully saturated rings. The van der Waals surface area contributed by atoms with Gasteiger partial charge in [-0.05, 0) is 54.8 Å². The number of hydrogen-bond acceptors (Lipinski definition) is 5. The summed E-state index contributed by atoms with van der Waals surface area (Å²) in [6.07, 6.45) is -4.49. The zero-order chi connectivity index (χ0) is 30.2. The second-order valence-corrected chi connectivity index (χ2v) is 10.7. The van der Waals surface area contributed by atoms with E-state index in [1.807, 2.05) is 0 Å². The molecule has 9 nitrogen and oxygen atoms in total. The van der Waals surface area contributed by atoms with Gasteiger partial charge in [0.05, 0.1) is 25.3 Å². The monoisotopic (exact) mass is 620 g/mol. The Hall–Kier alpha value is -3.87. The van der Waals surface area contributed by atoms with Gasteiger partial charge in [0.1, 0.15) is 11.4 Å². The minimum atomic E-state index is -5.02. The first-order chi connectivity index (χ1) is 19.9. The van der Waals surface area contributed by atoms with Gasteiger partial charge in [0, 0.05) is 33.2 Å². The third kappa shape index (κ3) is 6.30. The third-order valence-corrected chi connectivity index (χ3v) is 7.52. The number of nitrogens with one attached hydrogen (secondary N) is 2. The number of amides is 2. The molecule has 2 aromatic heterocycles. The van der Waals surface area contributed by atoms with Crippen LogP contribution in [0, 0.1) is 5.41 Å². The molecule has 1 aliphatic carbocycles. The number of alkyl halides is 3. The Balaban J connectivity index is 1.45. The summed E-state index contributed by atoms with van der Waals surface area (Å²) in [5, 5.41) is 26.5. The second-order valence-electron chi connectivity index (χ2n) is 9.90. The van der Waals surface area contributed by atoms with Crippen molar-refractivity contribution in [3.05, 3.63) is 98.0 Å². The van der Waals surface area contributed by atoms with Gasteiger partial charge in [-0.2, -0.15) is 18.3 Å². The van der Waals surface area contributed by atoms with Crippen LogP contribution < -0.4 is 10.9 Å². The number of amidine groups is 1. The van der Waals surface area contributed by atoms with Gasteiger partial charge in [0.25, 0.3) is 5.56 Å². The zero-order valence-corrected chi connectivity index (χ0v) is 23.4. The first kappa shape index (κ1) is 29.6. The number of aliphatic hydroxyl groups is 1. The van der Waals surface area contributed by atoms with Crippen molar-refractivity contribution in [2.75, 3.05) is 6.54 Å². The molecule has 1 aliphatic rings. The van der Waals surface area contributed by atoms with Crippen molar-refractivity contribution < 1.29 is 23.1 Å². The van der Waals surface area contributed by atoms with Gasteiger partial charge < -0.3 is 15.0 Å². The summed E-state index contributed by atoms with van der Waals surface area (Å²) >= 11 is 12.2. The maximum absolute atomic E-state index is 13.5. The van der Waals surface area contributed by atoms with Crippen molar-refractivity contribution in [1.29, 1.82) is 5.41 Å². The predicted octanol–water partition coefficient (Wildman–Crippen LogP) is 5.35. The summed E-state index contributed by atoms with van der Waals surface area (Å²) in [6, 6.07) is 13.4. The molecule has 3 N–H and O–H groups in total. The summed E-state index contributed by atoms with van der Waals surface area (Å²) in [6.45, 7) is -1.33. The number of benzene rings is 2. The van der Waals surface area contributed by atoms with Gasteiger partial charge in [0.15, 0.2) is 6.10 Å². The van der Waals surface area contributed by atoms with Crippen molar-refractivity contribution in [3.63, 3.8) is 0 Å². The normalized spacial score (nSPS) is 14.1. The minimum absolute atomic E-state index is 0.0983. The smallest absolute Gasteiger partial charge is 0.382 e. The van der Waals surface area contributed by atoms with E-state index in [-0.39, 0.29) is 30.3 Å². The van der Waals surface area contributed by atoms with Crippen LogP contribution in [0.25, 0.3) is 10.9 Å². The van der Waals surface area contributed by atoms with Gasteiger partial charge in [0.2, 0.25) is 0 Å². The molecule has 4 aromatic rings. The number of rotatable bonds is 8. The maximum atomic E-state index is 13.5. The number of carbonyl (C=O) groups excluding carboxylic acids is 1. The maximum Gasteiger partial charge on any atom is 0.416 e. The molecule has 220 valence electrons. The van der Waals surface area contributed by atoms with E-state index in [0.717, 1.165) is 12.8 Å². The summed E-state index contributed by atoms with van der Waals surface area (Å²) in [5.41, 5.74) is 1.15. The van der Waals surface area contributed by atoms with Crippen LogP contribution in [0.4, 0.5) is 18.0 Å². The minimum Gasteiger partial charge on any atom is -0.382 e. The van der Waals surface area contributed by atoms with E-state index >= 15 is 0 Å². The van der Waals surface area contributed by atoms with Crippen molar-refractivity contribution in [1.82, 2.24) is 24.6 Å². The SMILES string of the molecule is N=C(c1ccc(Cl)cc1)N(C[C@H](O)C(F)(F)F)C(=O)NCc1nn(Cc2ccccc2Cl)c2c(=O)n(C3CC3)ccc12. The van der Waals surface area contributed by atoms with Crippen LogP contribution in [-0.4, -0.2) is 55.0 Å². The van der Waals surface area contributed by atoms with Crippen LogP contribution in [0.1, 0.15) is 35.7 Å². The molecule has 0 saturated heterocycles. The number of aliphatic hydroxyl groups excluding tert-OH is 1. The summed E-state index contributed by atoms with van der Waals surface area (Å²) < 4.78 is 42.8. The van der Waals surface area contributed by atoms with Gasteiger partial charge in [-0.3, -0.25) is 19.8 Å². The van der Waals surface area contributed by atoms with Crippen LogP contribution in [0.5, 0.6) is 0 Å². The molecule has 2 heterocycles. The summed E-state index contributed by atoms with van der Waals surface area (Å²) in [5.74, 6) is -0.575. The Bertz CT molecular complexity index is 1700. The summed E-state index contributed by atoms with van der Waals surface area (Å²) in [4.78, 5) is 27.2. The average Bonchev–Trinajstić information content (AvgIpc) is 3.73. The fourth-order valence-corrected chi connectivity index (χ4v) is 4.84. The molecule has 1 saturated carbocycles. The fraction of sp³-hybridized carbons (Fsp3) is 0.286. The second kappa shape index (κ2) is 11.8. The van der Waals surface area contributed by atoms with Gasteiger partial charge in [-0.15, -0.1) is 0 Å². The Morgan fingerprint density at radius 1 is 1.14 bits per heavy atom. The number of urea groups is 1. The molecule has 0 radical (unpaired) electrons. The number of aromatic nitrogens is 3. The highest BCUT2D eigenvalue weighted by Gasteiger charge is 2.41. The van der Waals surface area contributed by atoms with Crippen molar-refractivity contribution in [2.45, 2.75) is 44.3 Å². The van der Waals surface area contributed by atoms with E-state index in [1.54, 1.807) is 41.1 Å². The highest BCUT2D eigenvalue weighted by Crippen LogP contribution is 2.34. The highest BCUT2D eigenvalue weighted by molar-refractivity contribution is 6.31. The Morgan fingerprint density at radius 2 is 1.83 bits per heavy atom. The van der Waals surface area contributed by atoms with Crippen molar-refractivity contribution >= 4 is 46.0 Å². The lowest BCUT2D eigenvalue weighted by atomic mass is 10.2. The van der Waals surface area contributed by atoms with Crippen molar-refractivity contribution in [3.8, 4) is 0 Å². The molecule has 2 aromatic carbocycles. The van der Waals surface area contributed by atoms with E-state index in [9.17, 15) is 27.9 Å². The molecule has 0 spiro atoms. The zero-order valence-electron chi connectivity index (χ0n) is 21.9. The van der Waals surface area contributed by atoms with Crippen LogP contribution in [0.3, 0.4) is 0 Å². The van der Waals surface area contributed by atoms with Gasteiger partial charge in [-0.25, -0.2) is 4.79 Å². The number of halogens is 5. The number of pyridine rings is 1. The average molecular weight is 621 g/mol. The van der Waals surface area contributed by atoms with Crippen LogP contribution in [0.15, 0.2) is 65.6 Å². The number of nitrogens with zero attached hydrogens (tertiary/aromatic N) is 4. The van der Waals surface area contributed by atoms with Crippen LogP contribution >= 0.6 is 23.2 Å². The standard InChI is InChI=1S/C28H25Cl2F3N6O3/c29-18-7-5-16(6-8-18)25(34)38(15-23(40)28(31,32)33)27(42)35-13-22-20-11-12-37(19-9-10-19)26(41)24(20)39(36-22)14-17-3-1-2-4-21(17)30/h1-8,11-12,19,23,34,40H,9-10,13-15H2,(H,35,42)/t23-/m0/s1. The highest BCUT2D eigenvalue weighted by atomic mass is 35.5. The van der Waals surface area contributed by atoms with Crippen LogP contribution in [0.2, 0.25) is 10.0 Å². The summed E-state index contributed by atoms with van der Waals surface area (Å²) in [7, 11) is 0. The number of hydrogen-bond donors (Lipinski definition) is 3. The molecule has 14 heteroatoms. The molecule has 1 atom stereocenters. The van der Waals surface area contributed by atoms with Gasteiger partial charge in [-0.1, -0.05) is 41.4 Å². The van der Waals surface area contributed by atoms with E-state index in [0.29, 0.717) is 37.1 Å². The lowest BCUT2D eigenvalue weighted by Crippen LogP contribution is -2.50. The Morgan fingerprint density at radius 3 is 2.48 bits per heavy atom. The van der Waals surface area contributed by atoms with E-state index in [1.165, 1.54) is 28.9 Å². The lowest BCUT2D eigenvalue weighted by Gasteiger charge is -2.27. The van der Waals surface area contributed by atoms with E-state index in [2.05, 4.69) is 10.4 Å². The molecule has 42 heavy (non-hydrogen) atoms. The Labute approximate surface area is 247 Å². The van der Waals surface area contributed by atoms with E-state index in [4.69, 9.17) is 28.6 Å². The number of carbonyl (C=O) groups is 1. The molecule has 0 bridgehead atoms. The fourth-order valence-electron chi connectivity index (χ4n) is 4.51. The van der Waals surface area contributed by atoms with Gasteiger partial charge >= 0.3 is 12.2 Å². The predicted molar refractivity (Wildman–Crippen MR) is 152 cm³/mol. The third-order valence-electron chi connectivity index (χ3n) is 6.90. The van der Waals surface area contributed by atoms with E-state index < -0.39 is 30.7 Å². The topological polar surface area (TPSA) is 116 Å². The molecule has 5 rings (SSSR count). The lowest BCUT2D eigenvalue weighted by molar-refractivity contribution is -0.204.